The fourth-order valence-corrected chi connectivity index (χ4v) is 10.2. The van der Waals surface area contributed by atoms with Gasteiger partial charge in [0.15, 0.2) is 12.6 Å². The Morgan fingerprint density at radius 1 is 0.425 bits per heavy atom. The quantitative estimate of drug-likeness (QED) is 0.0204. The van der Waals surface area contributed by atoms with Crippen LogP contribution in [0, 0.1) is 0 Å². The summed E-state index contributed by atoms with van der Waals surface area (Å²) in [6, 6.07) is -0.949. The molecule has 14 nitrogen and oxygen atoms in total. The number of allylic oxidation sites excluding steroid dienone is 21. The molecule has 0 spiro atoms. The molecule has 2 fully saturated rings. The van der Waals surface area contributed by atoms with Crippen molar-refractivity contribution < 1.29 is 64.6 Å². The minimum Gasteiger partial charge on any atom is -0.394 e. The van der Waals surface area contributed by atoms with E-state index >= 15 is 0 Å². The summed E-state index contributed by atoms with van der Waals surface area (Å²) in [4.78, 5) is 13.3. The van der Waals surface area contributed by atoms with Crippen molar-refractivity contribution in [1.82, 2.24) is 5.32 Å². The number of amides is 1. The third-order valence-electron chi connectivity index (χ3n) is 15.6. The molecule has 1 amide bonds. The number of nitrogens with one attached hydrogen (secondary N) is 1. The van der Waals surface area contributed by atoms with Crippen LogP contribution in [0.1, 0.15) is 226 Å². The molecule has 2 rings (SSSR count). The molecule has 0 radical (unpaired) electrons. The minimum absolute atomic E-state index is 0.217. The summed E-state index contributed by atoms with van der Waals surface area (Å²) in [5.41, 5.74) is 0. The van der Waals surface area contributed by atoms with E-state index in [0.717, 1.165) is 103 Å². The van der Waals surface area contributed by atoms with Crippen molar-refractivity contribution in [1.29, 1.82) is 0 Å². The Bertz CT molecular complexity index is 1970. The molecule has 12 atom stereocenters. The van der Waals surface area contributed by atoms with Crippen molar-refractivity contribution in [2.24, 2.45) is 0 Å². The zero-order valence-corrected chi connectivity index (χ0v) is 53.7. The molecular formula is C73H121NO13. The standard InChI is InChI=1S/C73H121NO13/c1-3-5-7-9-11-13-15-17-19-21-23-25-26-27-28-29-30-31-32-33-34-35-36-37-39-41-43-45-47-49-51-53-55-57-65(78)74-61(62(77)56-54-52-50-48-46-44-42-40-38-24-22-20-18-16-14-12-10-8-6-4-2)60-84-72-70(83)68(81)71(64(59-76)86-72)87-73-69(82)67(80)66(79)63(58-75)85-73/h5,7,11,13,17,19,23,25,27-28,30-31,33-34,36-37,41,43,47,49,54,56,61-64,66-73,75-77,79-83H,3-4,6,8-10,12,14-16,18,20-22,24,26,29,32,35,38-40,42,44-46,48,50-53,55,57-60H2,1-2H3,(H,74,78)/b7-5-,13-11-,19-17-,25-23-,28-27-,31-30-,34-33-,37-36-,43-41-,49-47-,56-54+. The third kappa shape index (κ3) is 40.5. The summed E-state index contributed by atoms with van der Waals surface area (Å²) < 4.78 is 22.8. The van der Waals surface area contributed by atoms with Crippen LogP contribution in [0.3, 0.4) is 0 Å². The highest BCUT2D eigenvalue weighted by molar-refractivity contribution is 5.76. The van der Waals surface area contributed by atoms with Crippen LogP contribution in [0.2, 0.25) is 0 Å². The Morgan fingerprint density at radius 3 is 1.22 bits per heavy atom. The summed E-state index contributed by atoms with van der Waals surface area (Å²) in [5, 5.41) is 87.3. The van der Waals surface area contributed by atoms with E-state index in [1.165, 1.54) is 96.3 Å². The maximum absolute atomic E-state index is 13.3. The van der Waals surface area contributed by atoms with Crippen molar-refractivity contribution in [3.8, 4) is 0 Å². The summed E-state index contributed by atoms with van der Waals surface area (Å²) in [6.45, 7) is 2.66. The molecular weight excluding hydrogens is 1100 g/mol. The van der Waals surface area contributed by atoms with Gasteiger partial charge in [-0.15, -0.1) is 0 Å². The lowest BCUT2D eigenvalue weighted by Gasteiger charge is -2.46. The van der Waals surface area contributed by atoms with Crippen LogP contribution in [0.4, 0.5) is 0 Å². The van der Waals surface area contributed by atoms with Gasteiger partial charge in [-0.1, -0.05) is 257 Å². The molecule has 0 aromatic rings. The normalized spacial score (nSPS) is 24.2. The van der Waals surface area contributed by atoms with Gasteiger partial charge in [0.2, 0.25) is 5.91 Å². The number of hydrogen-bond donors (Lipinski definition) is 9. The zero-order chi connectivity index (χ0) is 63.1. The maximum Gasteiger partial charge on any atom is 0.220 e. The Labute approximate surface area is 526 Å². The number of aliphatic hydroxyl groups excluding tert-OH is 8. The largest absolute Gasteiger partial charge is 0.394 e. The van der Waals surface area contributed by atoms with Crippen LogP contribution in [-0.2, 0) is 23.7 Å². The first kappa shape index (κ1) is 79.2. The Hall–Kier alpha value is -3.87. The van der Waals surface area contributed by atoms with Gasteiger partial charge in [0.25, 0.3) is 0 Å². The van der Waals surface area contributed by atoms with Gasteiger partial charge < -0.3 is 65.1 Å². The highest BCUT2D eigenvalue weighted by atomic mass is 16.7. The maximum atomic E-state index is 13.3. The van der Waals surface area contributed by atoms with Crippen LogP contribution in [0.5, 0.6) is 0 Å². The SMILES string of the molecule is CC/C=C\C/C=C\C/C=C\C/C=C\C/C=C\C/C=C\C/C=C\C/C=C\C/C=C\C/C=C\CCCCC(=O)NC(COC1OC(CO)C(OC2OC(CO)C(O)C(O)C2O)C(O)C1O)C(O)/C=C/CCCCCCCCCCCCCCCCCCCC. The van der Waals surface area contributed by atoms with Gasteiger partial charge >= 0.3 is 0 Å². The lowest BCUT2D eigenvalue weighted by Crippen LogP contribution is -2.65. The molecule has 0 aliphatic carbocycles. The molecule has 0 aromatic heterocycles. The Morgan fingerprint density at radius 2 is 0.793 bits per heavy atom. The summed E-state index contributed by atoms with van der Waals surface area (Å²) in [5.74, 6) is -0.286. The first-order valence-electron chi connectivity index (χ1n) is 33.9. The molecule has 2 aliphatic rings. The van der Waals surface area contributed by atoms with Gasteiger partial charge in [-0.05, 0) is 96.3 Å². The number of aliphatic hydroxyl groups is 8. The second-order valence-electron chi connectivity index (χ2n) is 23.2. The third-order valence-corrected chi connectivity index (χ3v) is 15.6. The summed E-state index contributed by atoms with van der Waals surface area (Å²) in [6.07, 6.45) is 66.3. The average molecular weight is 1220 g/mol. The van der Waals surface area contributed by atoms with E-state index in [2.05, 4.69) is 141 Å². The molecule has 14 heteroatoms. The topological polar surface area (TPSA) is 228 Å². The molecule has 2 aliphatic heterocycles. The van der Waals surface area contributed by atoms with Crippen LogP contribution >= 0.6 is 0 Å². The van der Waals surface area contributed by atoms with E-state index in [1.54, 1.807) is 6.08 Å². The van der Waals surface area contributed by atoms with Crippen molar-refractivity contribution in [3.63, 3.8) is 0 Å². The molecule has 12 unspecified atom stereocenters. The van der Waals surface area contributed by atoms with Crippen LogP contribution < -0.4 is 5.32 Å². The monoisotopic (exact) mass is 1220 g/mol. The predicted octanol–water partition coefficient (Wildman–Crippen LogP) is 13.5. The van der Waals surface area contributed by atoms with Gasteiger partial charge in [-0.3, -0.25) is 4.79 Å². The highest BCUT2D eigenvalue weighted by Gasteiger charge is 2.51. The van der Waals surface area contributed by atoms with Gasteiger partial charge in [0.1, 0.15) is 48.8 Å². The summed E-state index contributed by atoms with van der Waals surface area (Å²) >= 11 is 0. The first-order valence-corrected chi connectivity index (χ1v) is 33.9. The fraction of sp³-hybridized carbons (Fsp3) is 0.685. The van der Waals surface area contributed by atoms with E-state index in [9.17, 15) is 45.6 Å². The molecule has 2 saturated heterocycles. The van der Waals surface area contributed by atoms with E-state index in [0.29, 0.717) is 6.42 Å². The number of carbonyl (C=O) groups is 1. The number of rotatable bonds is 53. The molecule has 0 saturated carbocycles. The van der Waals surface area contributed by atoms with Gasteiger partial charge in [-0.2, -0.15) is 0 Å². The zero-order valence-electron chi connectivity index (χ0n) is 53.7. The van der Waals surface area contributed by atoms with E-state index in [-0.39, 0.29) is 18.9 Å². The van der Waals surface area contributed by atoms with Crippen molar-refractivity contribution in [3.05, 3.63) is 134 Å². The second-order valence-corrected chi connectivity index (χ2v) is 23.2. The fourth-order valence-electron chi connectivity index (χ4n) is 10.2. The molecule has 0 aromatic carbocycles. The predicted molar refractivity (Wildman–Crippen MR) is 355 cm³/mol. The van der Waals surface area contributed by atoms with E-state index in [4.69, 9.17) is 18.9 Å². The van der Waals surface area contributed by atoms with E-state index in [1.807, 2.05) is 6.08 Å². The smallest absolute Gasteiger partial charge is 0.220 e. The van der Waals surface area contributed by atoms with Crippen LogP contribution in [-0.4, -0.2) is 140 Å². The van der Waals surface area contributed by atoms with Gasteiger partial charge in [0, 0.05) is 6.42 Å². The van der Waals surface area contributed by atoms with Gasteiger partial charge in [-0.25, -0.2) is 0 Å². The molecule has 0 bridgehead atoms. The lowest BCUT2D eigenvalue weighted by molar-refractivity contribution is -0.359. The number of ether oxygens (including phenoxy) is 4. The van der Waals surface area contributed by atoms with Crippen molar-refractivity contribution in [2.45, 2.75) is 299 Å². The van der Waals surface area contributed by atoms with Crippen LogP contribution in [0.15, 0.2) is 134 Å². The highest BCUT2D eigenvalue weighted by Crippen LogP contribution is 2.30. The van der Waals surface area contributed by atoms with Crippen LogP contribution in [0.25, 0.3) is 0 Å². The van der Waals surface area contributed by atoms with Crippen molar-refractivity contribution >= 4 is 5.91 Å². The van der Waals surface area contributed by atoms with Crippen molar-refractivity contribution in [2.75, 3.05) is 19.8 Å². The lowest BCUT2D eigenvalue weighted by atomic mass is 9.97. The summed E-state index contributed by atoms with van der Waals surface area (Å²) in [7, 11) is 0. The molecule has 496 valence electrons. The average Bonchev–Trinajstić information content (AvgIpc) is 2.59. The Kier molecular flexibility index (Phi) is 51.1. The molecule has 2 heterocycles. The Balaban J connectivity index is 1.73. The van der Waals surface area contributed by atoms with E-state index < -0.39 is 86.8 Å². The van der Waals surface area contributed by atoms with Gasteiger partial charge in [0.05, 0.1) is 32.0 Å². The second kappa shape index (κ2) is 56.1. The first-order chi connectivity index (χ1) is 42.6. The molecule has 9 N–H and O–H groups in total. The minimum atomic E-state index is -1.80. The number of unbranched alkanes of at least 4 members (excludes halogenated alkanes) is 20. The molecule has 87 heavy (non-hydrogen) atoms. The number of hydrogen-bond acceptors (Lipinski definition) is 13. The number of carbonyl (C=O) groups excluding carboxylic acids is 1.